The average Bonchev–Trinajstić information content (AvgIpc) is 3.47. The third-order valence-electron chi connectivity index (χ3n) is 14.4. The lowest BCUT2D eigenvalue weighted by Gasteiger charge is -2.18. The molecule has 462 valence electrons. The molecular weight excluding hydrogens is 997 g/mol. The Morgan fingerprint density at radius 1 is 0.259 bits per heavy atom. The number of hydrogen-bond donors (Lipinski definition) is 0. The molecule has 0 amide bonds. The summed E-state index contributed by atoms with van der Waals surface area (Å²) in [6, 6.07) is 0. The topological polar surface area (TPSA) is 78.9 Å². The molecule has 0 rings (SSSR count). The van der Waals surface area contributed by atoms with Crippen LogP contribution in [-0.4, -0.2) is 37.2 Å². The zero-order valence-corrected chi connectivity index (χ0v) is 53.0. The van der Waals surface area contributed by atoms with E-state index in [9.17, 15) is 14.4 Å². The molecule has 6 nitrogen and oxygen atoms in total. The smallest absolute Gasteiger partial charge is 0.306 e. The summed E-state index contributed by atoms with van der Waals surface area (Å²) >= 11 is 0. The van der Waals surface area contributed by atoms with Crippen molar-refractivity contribution in [3.63, 3.8) is 0 Å². The van der Waals surface area contributed by atoms with Gasteiger partial charge in [0.2, 0.25) is 0 Å². The van der Waals surface area contributed by atoms with Gasteiger partial charge in [0.05, 0.1) is 0 Å². The molecule has 0 aromatic heterocycles. The van der Waals surface area contributed by atoms with Crippen LogP contribution >= 0.6 is 0 Å². The first-order valence-electron chi connectivity index (χ1n) is 34.0. The number of carbonyl (C=O) groups is 3. The highest BCUT2D eigenvalue weighted by molar-refractivity contribution is 5.71. The first-order valence-corrected chi connectivity index (χ1v) is 34.0. The van der Waals surface area contributed by atoms with Crippen LogP contribution in [0.3, 0.4) is 0 Å². The van der Waals surface area contributed by atoms with E-state index in [1.807, 2.05) is 0 Å². The lowest BCUT2D eigenvalue weighted by atomic mass is 10.0. The first-order chi connectivity index (χ1) is 40.0. The Hall–Kier alpha value is -4.19. The summed E-state index contributed by atoms with van der Waals surface area (Å²) in [6.45, 7) is 6.44. The summed E-state index contributed by atoms with van der Waals surface area (Å²) in [7, 11) is 0. The van der Waals surface area contributed by atoms with Gasteiger partial charge in [-0.1, -0.05) is 316 Å². The number of allylic oxidation sites excluding steroid dienone is 20. The Balaban J connectivity index is 4.33. The van der Waals surface area contributed by atoms with Crippen molar-refractivity contribution in [3.05, 3.63) is 122 Å². The minimum Gasteiger partial charge on any atom is -0.462 e. The summed E-state index contributed by atoms with van der Waals surface area (Å²) < 4.78 is 16.9. The second-order valence-corrected chi connectivity index (χ2v) is 22.4. The van der Waals surface area contributed by atoms with Crippen molar-refractivity contribution in [2.45, 2.75) is 322 Å². The molecule has 1 atom stereocenters. The van der Waals surface area contributed by atoms with Crippen molar-refractivity contribution in [3.8, 4) is 0 Å². The summed E-state index contributed by atoms with van der Waals surface area (Å²) in [6.07, 6.45) is 95.2. The average molecular weight is 1120 g/mol. The van der Waals surface area contributed by atoms with Crippen molar-refractivity contribution in [1.82, 2.24) is 0 Å². The van der Waals surface area contributed by atoms with Gasteiger partial charge in [0.1, 0.15) is 13.2 Å². The standard InChI is InChI=1S/C75H126O6/c1-4-7-10-13-16-19-22-24-26-28-30-32-34-36-37-38-39-40-42-43-45-47-49-51-53-56-59-62-65-68-74(77)80-71-72(70-79-73(76)67-64-61-58-55-21-18-15-12-9-6-3)81-75(78)69-66-63-60-57-54-52-50-48-46-44-41-35-33-31-29-27-25-23-20-17-14-11-8-5-2/h7,10,12,15-16,19,24,26,30,32,36-37,39-40,43,45,49,51,56,59,72H,4-6,8-9,11,13-14,17-18,20-23,25,27-29,31,33-35,38,41-42,44,46-48,50,52-55,57-58,60-71H2,1-3H3/b10-7-,15-12-,19-16-,26-24-,32-30-,37-36-,40-39-,45-43-,51-49-,59-56-. The number of esters is 3. The maximum absolute atomic E-state index is 12.9. The molecule has 0 saturated carbocycles. The quantitative estimate of drug-likeness (QED) is 0.0261. The van der Waals surface area contributed by atoms with Gasteiger partial charge in [0, 0.05) is 19.3 Å². The minimum absolute atomic E-state index is 0.100. The largest absolute Gasteiger partial charge is 0.462 e. The van der Waals surface area contributed by atoms with Gasteiger partial charge in [-0.15, -0.1) is 0 Å². The molecule has 1 unspecified atom stereocenters. The number of rotatable bonds is 61. The van der Waals surface area contributed by atoms with Crippen LogP contribution in [-0.2, 0) is 28.6 Å². The Morgan fingerprint density at radius 3 is 0.864 bits per heavy atom. The third-order valence-corrected chi connectivity index (χ3v) is 14.4. The highest BCUT2D eigenvalue weighted by Gasteiger charge is 2.19. The Bertz CT molecular complexity index is 1670. The first kappa shape index (κ1) is 76.8. The molecule has 0 aromatic carbocycles. The highest BCUT2D eigenvalue weighted by Crippen LogP contribution is 2.17. The molecule has 0 aliphatic heterocycles. The van der Waals surface area contributed by atoms with Gasteiger partial charge in [-0.05, 0) is 103 Å². The van der Waals surface area contributed by atoms with Crippen molar-refractivity contribution < 1.29 is 28.6 Å². The van der Waals surface area contributed by atoms with E-state index in [2.05, 4.69) is 142 Å². The summed E-state index contributed by atoms with van der Waals surface area (Å²) in [5.41, 5.74) is 0. The third kappa shape index (κ3) is 66.5. The predicted molar refractivity (Wildman–Crippen MR) is 353 cm³/mol. The van der Waals surface area contributed by atoms with E-state index in [4.69, 9.17) is 14.2 Å². The van der Waals surface area contributed by atoms with E-state index in [0.717, 1.165) is 122 Å². The Kier molecular flexibility index (Phi) is 64.8. The second kappa shape index (κ2) is 68.3. The molecule has 0 radical (unpaired) electrons. The molecule has 0 saturated heterocycles. The van der Waals surface area contributed by atoms with E-state index < -0.39 is 6.10 Å². The fraction of sp³-hybridized carbons (Fsp3) is 0.693. The molecule has 0 heterocycles. The van der Waals surface area contributed by atoms with Crippen LogP contribution in [0.5, 0.6) is 0 Å². The van der Waals surface area contributed by atoms with Gasteiger partial charge >= 0.3 is 17.9 Å². The molecule has 81 heavy (non-hydrogen) atoms. The molecule has 0 fully saturated rings. The highest BCUT2D eigenvalue weighted by atomic mass is 16.6. The SMILES string of the molecule is CC/C=C\C/C=C\C/C=C\C/C=C\C/C=C\C/C=C\C/C=C\C/C=C\C/C=C\CCCC(=O)OCC(COC(=O)CCCCCCC/C=C\CCC)OC(=O)CCCCCCCCCCCCCCCCCCCCCCCCCC. The zero-order chi connectivity index (χ0) is 58.5. The Labute approximate surface area is 501 Å². The summed E-state index contributed by atoms with van der Waals surface area (Å²) in [5, 5.41) is 0. The van der Waals surface area contributed by atoms with Gasteiger partial charge in [-0.2, -0.15) is 0 Å². The van der Waals surface area contributed by atoms with Crippen LogP contribution < -0.4 is 0 Å². The van der Waals surface area contributed by atoms with Crippen LogP contribution in [0.15, 0.2) is 122 Å². The maximum atomic E-state index is 12.9. The molecule has 0 N–H and O–H groups in total. The van der Waals surface area contributed by atoms with Gasteiger partial charge in [0.25, 0.3) is 0 Å². The van der Waals surface area contributed by atoms with E-state index in [-0.39, 0.29) is 37.5 Å². The fourth-order valence-corrected chi connectivity index (χ4v) is 9.39. The molecule has 0 bridgehead atoms. The number of unbranched alkanes of at least 4 members (excludes halogenated alkanes) is 30. The number of ether oxygens (including phenoxy) is 3. The van der Waals surface area contributed by atoms with Crippen molar-refractivity contribution >= 4 is 17.9 Å². The van der Waals surface area contributed by atoms with E-state index in [1.165, 1.54) is 148 Å². The number of carbonyl (C=O) groups excluding carboxylic acids is 3. The molecule has 6 heteroatoms. The van der Waals surface area contributed by atoms with Crippen molar-refractivity contribution in [2.24, 2.45) is 0 Å². The van der Waals surface area contributed by atoms with Gasteiger partial charge in [-0.25, -0.2) is 0 Å². The van der Waals surface area contributed by atoms with E-state index >= 15 is 0 Å². The molecule has 0 aromatic rings. The molecule has 0 aliphatic carbocycles. The van der Waals surface area contributed by atoms with E-state index in [1.54, 1.807) is 0 Å². The molecule has 0 aliphatic rings. The normalized spacial score (nSPS) is 12.9. The monoisotopic (exact) mass is 1120 g/mol. The van der Waals surface area contributed by atoms with Crippen LogP contribution in [0, 0.1) is 0 Å². The van der Waals surface area contributed by atoms with Gasteiger partial charge < -0.3 is 14.2 Å². The fourth-order valence-electron chi connectivity index (χ4n) is 9.39. The second-order valence-electron chi connectivity index (χ2n) is 22.4. The lowest BCUT2D eigenvalue weighted by Crippen LogP contribution is -2.30. The van der Waals surface area contributed by atoms with Crippen LogP contribution in [0.4, 0.5) is 0 Å². The molecule has 0 spiro atoms. The minimum atomic E-state index is -0.807. The maximum Gasteiger partial charge on any atom is 0.306 e. The van der Waals surface area contributed by atoms with Crippen molar-refractivity contribution in [1.29, 1.82) is 0 Å². The zero-order valence-electron chi connectivity index (χ0n) is 53.0. The Morgan fingerprint density at radius 2 is 0.519 bits per heavy atom. The summed E-state index contributed by atoms with van der Waals surface area (Å²) in [5.74, 6) is -0.964. The van der Waals surface area contributed by atoms with Crippen LogP contribution in [0.1, 0.15) is 316 Å². The summed E-state index contributed by atoms with van der Waals surface area (Å²) in [4.78, 5) is 38.3. The lowest BCUT2D eigenvalue weighted by molar-refractivity contribution is -0.167. The van der Waals surface area contributed by atoms with E-state index in [0.29, 0.717) is 19.3 Å². The predicted octanol–water partition coefficient (Wildman–Crippen LogP) is 23.6. The van der Waals surface area contributed by atoms with Gasteiger partial charge in [0.15, 0.2) is 6.10 Å². The van der Waals surface area contributed by atoms with Gasteiger partial charge in [-0.3, -0.25) is 14.4 Å². The molecular formula is C75H126O6. The van der Waals surface area contributed by atoms with Crippen LogP contribution in [0.2, 0.25) is 0 Å². The van der Waals surface area contributed by atoms with Crippen molar-refractivity contribution in [2.75, 3.05) is 13.2 Å². The number of hydrogen-bond acceptors (Lipinski definition) is 6. The van der Waals surface area contributed by atoms with Crippen LogP contribution in [0.25, 0.3) is 0 Å².